The molecule has 0 spiro atoms. The lowest BCUT2D eigenvalue weighted by atomic mass is 10.1. The van der Waals surface area contributed by atoms with E-state index in [0.717, 1.165) is 6.29 Å². The largest absolute Gasteiger partial charge is 0.302 e. The van der Waals surface area contributed by atoms with Crippen LogP contribution < -0.4 is 0 Å². The third-order valence-corrected chi connectivity index (χ3v) is 2.44. The van der Waals surface area contributed by atoms with Crippen LogP contribution in [0.25, 0.3) is 0 Å². The molecule has 0 aromatic carbocycles. The van der Waals surface area contributed by atoms with Gasteiger partial charge >= 0.3 is 0 Å². The van der Waals surface area contributed by atoms with E-state index < -0.39 is 0 Å². The fourth-order valence-electron chi connectivity index (χ4n) is 0.744. The first-order chi connectivity index (χ1) is 3.67. The van der Waals surface area contributed by atoms with Crippen molar-refractivity contribution in [3.63, 3.8) is 0 Å². The summed E-state index contributed by atoms with van der Waals surface area (Å²) in [6.07, 6.45) is 3.41. The molecule has 1 aliphatic rings. The van der Waals surface area contributed by atoms with Crippen LogP contribution in [0.3, 0.4) is 0 Å². The Morgan fingerprint density at radius 3 is 2.38 bits per heavy atom. The van der Waals surface area contributed by atoms with Gasteiger partial charge < -0.3 is 4.79 Å². The fourth-order valence-corrected chi connectivity index (χ4v) is 1.20. The first-order valence-electron chi connectivity index (χ1n) is 2.82. The summed E-state index contributed by atoms with van der Waals surface area (Å²) in [5, 5.41) is 0. The number of alkyl halides is 1. The molecule has 0 heterocycles. The molecule has 46 valence electrons. The molecule has 1 rings (SSSR count). The van der Waals surface area contributed by atoms with Crippen LogP contribution in [0.1, 0.15) is 19.8 Å². The standard InChI is InChI=1S/C6H9BrO/c1-6(7,4-8)5-2-3-5/h4-5H,2-3H2,1H3. The highest BCUT2D eigenvalue weighted by Gasteiger charge is 2.39. The minimum atomic E-state index is -0.215. The second-order valence-corrected chi connectivity index (χ2v) is 4.25. The minimum absolute atomic E-state index is 0.215. The van der Waals surface area contributed by atoms with Crippen LogP contribution in [0.15, 0.2) is 0 Å². The first kappa shape index (κ1) is 6.27. The number of carbonyl (C=O) groups is 1. The molecule has 1 atom stereocenters. The predicted molar refractivity (Wildman–Crippen MR) is 36.1 cm³/mol. The van der Waals surface area contributed by atoms with Crippen molar-refractivity contribution >= 4 is 22.2 Å². The van der Waals surface area contributed by atoms with Crippen LogP contribution in [0.2, 0.25) is 0 Å². The molecule has 0 aromatic heterocycles. The van der Waals surface area contributed by atoms with E-state index in [4.69, 9.17) is 0 Å². The summed E-state index contributed by atoms with van der Waals surface area (Å²) in [6.45, 7) is 1.93. The highest BCUT2D eigenvalue weighted by molar-refractivity contribution is 9.10. The molecule has 0 aromatic rings. The molecule has 2 heteroatoms. The Morgan fingerprint density at radius 1 is 1.75 bits per heavy atom. The maximum Gasteiger partial charge on any atom is 0.136 e. The molecule has 0 N–H and O–H groups in total. The zero-order valence-electron chi connectivity index (χ0n) is 4.86. The minimum Gasteiger partial charge on any atom is -0.302 e. The monoisotopic (exact) mass is 176 g/mol. The summed E-state index contributed by atoms with van der Waals surface area (Å²) in [7, 11) is 0. The van der Waals surface area contributed by atoms with E-state index in [9.17, 15) is 4.79 Å². The molecule has 0 amide bonds. The molecular weight excluding hydrogens is 168 g/mol. The average molecular weight is 177 g/mol. The van der Waals surface area contributed by atoms with Crippen LogP contribution in [-0.4, -0.2) is 10.6 Å². The number of carbonyl (C=O) groups excluding carboxylic acids is 1. The van der Waals surface area contributed by atoms with Gasteiger partial charge in [-0.05, 0) is 25.7 Å². The van der Waals surface area contributed by atoms with Crippen molar-refractivity contribution in [3.8, 4) is 0 Å². The normalized spacial score (nSPS) is 26.8. The van der Waals surface area contributed by atoms with Gasteiger partial charge in [-0.15, -0.1) is 0 Å². The second kappa shape index (κ2) is 1.83. The zero-order valence-corrected chi connectivity index (χ0v) is 6.44. The summed E-state index contributed by atoms with van der Waals surface area (Å²) < 4.78 is -0.215. The first-order valence-corrected chi connectivity index (χ1v) is 3.61. The van der Waals surface area contributed by atoms with Crippen molar-refractivity contribution < 1.29 is 4.79 Å². The molecule has 1 fully saturated rings. The van der Waals surface area contributed by atoms with E-state index in [1.165, 1.54) is 12.8 Å². The quantitative estimate of drug-likeness (QED) is 0.463. The van der Waals surface area contributed by atoms with Gasteiger partial charge in [0.1, 0.15) is 6.29 Å². The molecule has 0 aliphatic heterocycles. The Labute approximate surface area is 57.6 Å². The zero-order chi connectivity index (χ0) is 6.20. The van der Waals surface area contributed by atoms with E-state index in [2.05, 4.69) is 15.9 Å². The van der Waals surface area contributed by atoms with Crippen molar-refractivity contribution in [1.29, 1.82) is 0 Å². The maximum atomic E-state index is 10.3. The lowest BCUT2D eigenvalue weighted by Crippen LogP contribution is -2.19. The van der Waals surface area contributed by atoms with Gasteiger partial charge in [0.25, 0.3) is 0 Å². The molecule has 1 aliphatic carbocycles. The lowest BCUT2D eigenvalue weighted by molar-refractivity contribution is -0.109. The third kappa shape index (κ3) is 1.10. The van der Waals surface area contributed by atoms with Gasteiger partial charge in [-0.25, -0.2) is 0 Å². The number of halogens is 1. The van der Waals surface area contributed by atoms with Gasteiger partial charge in [0.15, 0.2) is 0 Å². The third-order valence-electron chi connectivity index (χ3n) is 1.61. The number of hydrogen-bond donors (Lipinski definition) is 0. The molecule has 1 unspecified atom stereocenters. The van der Waals surface area contributed by atoms with Gasteiger partial charge in [-0.3, -0.25) is 0 Å². The molecule has 1 nitrogen and oxygen atoms in total. The number of hydrogen-bond acceptors (Lipinski definition) is 1. The Hall–Kier alpha value is 0.150. The Morgan fingerprint density at radius 2 is 2.25 bits per heavy atom. The molecule has 1 saturated carbocycles. The summed E-state index contributed by atoms with van der Waals surface area (Å²) >= 11 is 3.34. The van der Waals surface area contributed by atoms with Crippen molar-refractivity contribution in [2.75, 3.05) is 0 Å². The van der Waals surface area contributed by atoms with Crippen molar-refractivity contribution in [1.82, 2.24) is 0 Å². The maximum absolute atomic E-state index is 10.3. The van der Waals surface area contributed by atoms with Crippen LogP contribution in [0.4, 0.5) is 0 Å². The molecule has 0 bridgehead atoms. The van der Waals surface area contributed by atoms with E-state index >= 15 is 0 Å². The van der Waals surface area contributed by atoms with Crippen molar-refractivity contribution in [2.45, 2.75) is 24.1 Å². The van der Waals surface area contributed by atoms with E-state index in [1.54, 1.807) is 0 Å². The second-order valence-electron chi connectivity index (χ2n) is 2.54. The smallest absolute Gasteiger partial charge is 0.136 e. The highest BCUT2D eigenvalue weighted by atomic mass is 79.9. The Kier molecular flexibility index (Phi) is 1.44. The van der Waals surface area contributed by atoms with Crippen molar-refractivity contribution in [3.05, 3.63) is 0 Å². The van der Waals surface area contributed by atoms with Crippen LogP contribution >= 0.6 is 15.9 Å². The lowest BCUT2D eigenvalue weighted by Gasteiger charge is -2.10. The summed E-state index contributed by atoms with van der Waals surface area (Å²) in [4.78, 5) is 10.3. The van der Waals surface area contributed by atoms with E-state index in [1.807, 2.05) is 6.92 Å². The van der Waals surface area contributed by atoms with E-state index in [0.29, 0.717) is 5.92 Å². The topological polar surface area (TPSA) is 17.1 Å². The number of aldehydes is 1. The summed E-state index contributed by atoms with van der Waals surface area (Å²) in [5.74, 6) is 0.611. The van der Waals surface area contributed by atoms with Gasteiger partial charge in [-0.2, -0.15) is 0 Å². The molecular formula is C6H9BrO. The summed E-state index contributed by atoms with van der Waals surface area (Å²) in [6, 6.07) is 0. The van der Waals surface area contributed by atoms with Crippen LogP contribution in [0.5, 0.6) is 0 Å². The fraction of sp³-hybridized carbons (Fsp3) is 0.833. The Balaban J connectivity index is 2.49. The number of rotatable bonds is 2. The van der Waals surface area contributed by atoms with Crippen LogP contribution in [-0.2, 0) is 4.79 Å². The molecule has 0 radical (unpaired) electrons. The summed E-state index contributed by atoms with van der Waals surface area (Å²) in [5.41, 5.74) is 0. The van der Waals surface area contributed by atoms with Gasteiger partial charge in [0, 0.05) is 0 Å². The SMILES string of the molecule is CC(Br)(C=O)C1CC1. The molecule has 8 heavy (non-hydrogen) atoms. The van der Waals surface area contributed by atoms with Gasteiger partial charge in [-0.1, -0.05) is 15.9 Å². The van der Waals surface area contributed by atoms with Crippen molar-refractivity contribution in [2.24, 2.45) is 5.92 Å². The van der Waals surface area contributed by atoms with Gasteiger partial charge in [0.2, 0.25) is 0 Å². The Bertz CT molecular complexity index is 105. The predicted octanol–water partition coefficient (Wildman–Crippen LogP) is 1.75. The van der Waals surface area contributed by atoms with Gasteiger partial charge in [0.05, 0.1) is 4.32 Å². The van der Waals surface area contributed by atoms with E-state index in [-0.39, 0.29) is 4.32 Å². The highest BCUT2D eigenvalue weighted by Crippen LogP contribution is 2.43. The van der Waals surface area contributed by atoms with Crippen LogP contribution in [0, 0.1) is 5.92 Å². The molecule has 0 saturated heterocycles. The average Bonchev–Trinajstić information content (AvgIpc) is 2.44.